The van der Waals surface area contributed by atoms with Gasteiger partial charge in [-0.3, -0.25) is 9.59 Å². The molecule has 34 heavy (non-hydrogen) atoms. The minimum absolute atomic E-state index is 0.0159. The molecular weight excluding hydrogens is 476 g/mol. The summed E-state index contributed by atoms with van der Waals surface area (Å²) in [6, 6.07) is 14.3. The van der Waals surface area contributed by atoms with Gasteiger partial charge in [0.25, 0.3) is 15.9 Å². The number of rotatable bonds is 8. The Morgan fingerprint density at radius 2 is 1.85 bits per heavy atom. The molecule has 0 radical (unpaired) electrons. The highest BCUT2D eigenvalue weighted by Crippen LogP contribution is 2.35. The third kappa shape index (κ3) is 4.99. The minimum atomic E-state index is -3.83. The molecule has 1 amide bonds. The number of carbonyl (C=O) groups excluding carboxylic acids is 2. The SMILES string of the molecule is CCOC(=O)[C@H]1CN(CCCCN2C(=O)c3cc(Cl)ccc3S2(=O)=O)CC[C@@H]1c1ccccc1. The Balaban J connectivity index is 1.34. The molecule has 0 aromatic heterocycles. The van der Waals surface area contributed by atoms with Gasteiger partial charge in [0, 0.05) is 18.1 Å². The number of hydrogen-bond donors (Lipinski definition) is 0. The van der Waals surface area contributed by atoms with E-state index in [2.05, 4.69) is 17.0 Å². The van der Waals surface area contributed by atoms with Crippen molar-refractivity contribution in [3.8, 4) is 0 Å². The summed E-state index contributed by atoms with van der Waals surface area (Å²) in [5, 5.41) is 0.333. The number of fused-ring (bicyclic) bond motifs is 1. The Morgan fingerprint density at radius 1 is 1.12 bits per heavy atom. The molecule has 0 aliphatic carbocycles. The first-order valence-electron chi connectivity index (χ1n) is 11.6. The number of likely N-dealkylation sites (tertiary alicyclic amines) is 1. The molecule has 2 aliphatic rings. The highest BCUT2D eigenvalue weighted by molar-refractivity contribution is 7.90. The molecule has 7 nitrogen and oxygen atoms in total. The van der Waals surface area contributed by atoms with Gasteiger partial charge in [-0.25, -0.2) is 12.7 Å². The molecule has 2 aromatic carbocycles. The first-order valence-corrected chi connectivity index (χ1v) is 13.4. The maximum Gasteiger partial charge on any atom is 0.310 e. The lowest BCUT2D eigenvalue weighted by Gasteiger charge is -2.37. The van der Waals surface area contributed by atoms with Crippen molar-refractivity contribution in [2.75, 3.05) is 32.8 Å². The van der Waals surface area contributed by atoms with Crippen molar-refractivity contribution in [2.24, 2.45) is 5.92 Å². The fourth-order valence-corrected chi connectivity index (χ4v) is 6.64. The van der Waals surface area contributed by atoms with Crippen molar-refractivity contribution in [3.05, 3.63) is 64.7 Å². The van der Waals surface area contributed by atoms with E-state index in [9.17, 15) is 18.0 Å². The van der Waals surface area contributed by atoms with Crippen LogP contribution >= 0.6 is 11.6 Å². The van der Waals surface area contributed by atoms with E-state index >= 15 is 0 Å². The van der Waals surface area contributed by atoms with Crippen LogP contribution < -0.4 is 0 Å². The summed E-state index contributed by atoms with van der Waals surface area (Å²) in [5.74, 6) is -0.820. The zero-order valence-corrected chi connectivity index (χ0v) is 20.7. The van der Waals surface area contributed by atoms with Crippen LogP contribution in [0.4, 0.5) is 0 Å². The summed E-state index contributed by atoms with van der Waals surface area (Å²) in [6.45, 7) is 4.45. The minimum Gasteiger partial charge on any atom is -0.466 e. The van der Waals surface area contributed by atoms with Crippen LogP contribution in [0.5, 0.6) is 0 Å². The number of piperidine rings is 1. The topological polar surface area (TPSA) is 84.0 Å². The Hall–Kier alpha value is -2.42. The predicted octanol–water partition coefficient (Wildman–Crippen LogP) is 3.93. The lowest BCUT2D eigenvalue weighted by atomic mass is 9.80. The van der Waals surface area contributed by atoms with Crippen LogP contribution in [0, 0.1) is 5.92 Å². The predicted molar refractivity (Wildman–Crippen MR) is 129 cm³/mol. The van der Waals surface area contributed by atoms with Crippen LogP contribution in [0.1, 0.15) is 48.0 Å². The number of hydrogen-bond acceptors (Lipinski definition) is 6. The van der Waals surface area contributed by atoms with Gasteiger partial charge in [0.1, 0.15) is 4.90 Å². The third-order valence-electron chi connectivity index (χ3n) is 6.57. The standard InChI is InChI=1S/C25H29ClN2O5S/c1-2-33-25(30)22-17-27(15-12-20(22)18-8-4-3-5-9-18)13-6-7-14-28-24(29)21-16-19(26)10-11-23(21)34(28,31)32/h3-5,8-11,16,20,22H,2,6-7,12-15,17H2,1H3/t20-,22+/m1/s1. The summed E-state index contributed by atoms with van der Waals surface area (Å²) in [5.41, 5.74) is 1.28. The average Bonchev–Trinajstić information content (AvgIpc) is 3.02. The highest BCUT2D eigenvalue weighted by atomic mass is 35.5. The molecule has 2 heterocycles. The van der Waals surface area contributed by atoms with Gasteiger partial charge in [0.05, 0.1) is 18.1 Å². The van der Waals surface area contributed by atoms with Gasteiger partial charge in [-0.1, -0.05) is 41.9 Å². The number of sulfonamides is 1. The molecule has 182 valence electrons. The van der Waals surface area contributed by atoms with E-state index in [1.165, 1.54) is 18.2 Å². The molecular formula is C25H29ClN2O5S. The molecule has 1 saturated heterocycles. The third-order valence-corrected chi connectivity index (χ3v) is 8.64. The van der Waals surface area contributed by atoms with Gasteiger partial charge < -0.3 is 9.64 Å². The van der Waals surface area contributed by atoms with Crippen molar-refractivity contribution >= 4 is 33.5 Å². The number of nitrogens with zero attached hydrogens (tertiary/aromatic N) is 2. The van der Waals surface area contributed by atoms with E-state index in [4.69, 9.17) is 16.3 Å². The molecule has 2 aromatic rings. The average molecular weight is 505 g/mol. The van der Waals surface area contributed by atoms with Crippen molar-refractivity contribution in [3.63, 3.8) is 0 Å². The number of ether oxygens (including phenoxy) is 1. The molecule has 0 N–H and O–H groups in total. The van der Waals surface area contributed by atoms with Gasteiger partial charge in [-0.05, 0) is 69.0 Å². The zero-order chi connectivity index (χ0) is 24.3. The Kier molecular flexibility index (Phi) is 7.60. The second-order valence-corrected chi connectivity index (χ2v) is 11.0. The van der Waals surface area contributed by atoms with Gasteiger partial charge in [0.2, 0.25) is 0 Å². The Labute approximate surface area is 205 Å². The molecule has 0 saturated carbocycles. The number of carbonyl (C=O) groups is 2. The van der Waals surface area contributed by atoms with E-state index in [0.717, 1.165) is 29.4 Å². The summed E-state index contributed by atoms with van der Waals surface area (Å²) in [7, 11) is -3.83. The summed E-state index contributed by atoms with van der Waals surface area (Å²) >= 11 is 5.94. The Morgan fingerprint density at radius 3 is 2.59 bits per heavy atom. The maximum absolute atomic E-state index is 12.8. The van der Waals surface area contributed by atoms with Crippen molar-refractivity contribution in [2.45, 2.75) is 37.0 Å². The van der Waals surface area contributed by atoms with Crippen LogP contribution in [0.25, 0.3) is 0 Å². The van der Waals surface area contributed by atoms with E-state index in [-0.39, 0.29) is 34.8 Å². The zero-order valence-electron chi connectivity index (χ0n) is 19.2. The second-order valence-electron chi connectivity index (χ2n) is 8.69. The van der Waals surface area contributed by atoms with Crippen LogP contribution in [0.2, 0.25) is 5.02 Å². The summed E-state index contributed by atoms with van der Waals surface area (Å²) < 4.78 is 31.8. The normalized spacial score (nSPS) is 21.9. The summed E-state index contributed by atoms with van der Waals surface area (Å²) in [4.78, 5) is 27.6. The lowest BCUT2D eigenvalue weighted by molar-refractivity contribution is -0.150. The number of esters is 1. The van der Waals surface area contributed by atoms with E-state index in [1.54, 1.807) is 0 Å². The van der Waals surface area contributed by atoms with Crippen molar-refractivity contribution < 1.29 is 22.7 Å². The van der Waals surface area contributed by atoms with E-state index in [0.29, 0.717) is 31.0 Å². The molecule has 0 spiro atoms. The highest BCUT2D eigenvalue weighted by Gasteiger charge is 2.41. The van der Waals surface area contributed by atoms with Gasteiger partial charge in [-0.2, -0.15) is 0 Å². The smallest absolute Gasteiger partial charge is 0.310 e. The monoisotopic (exact) mass is 504 g/mol. The van der Waals surface area contributed by atoms with Crippen LogP contribution in [0.3, 0.4) is 0 Å². The molecule has 0 bridgehead atoms. The van der Waals surface area contributed by atoms with E-state index in [1.807, 2.05) is 25.1 Å². The van der Waals surface area contributed by atoms with Crippen LogP contribution in [-0.4, -0.2) is 62.3 Å². The van der Waals surface area contributed by atoms with Gasteiger partial charge in [0.15, 0.2) is 0 Å². The molecule has 2 aliphatic heterocycles. The van der Waals surface area contributed by atoms with Gasteiger partial charge in [-0.15, -0.1) is 0 Å². The largest absolute Gasteiger partial charge is 0.466 e. The fraction of sp³-hybridized carbons (Fsp3) is 0.440. The quantitative estimate of drug-likeness (QED) is 0.400. The summed E-state index contributed by atoms with van der Waals surface area (Å²) in [6.07, 6.45) is 2.10. The number of unbranched alkanes of at least 4 members (excludes halogenated alkanes) is 1. The van der Waals surface area contributed by atoms with Gasteiger partial charge >= 0.3 is 5.97 Å². The first-order chi connectivity index (χ1) is 16.3. The molecule has 4 rings (SSSR count). The molecule has 2 atom stereocenters. The Bertz CT molecular complexity index is 1160. The fourth-order valence-electron chi connectivity index (χ4n) is 4.88. The maximum atomic E-state index is 12.8. The van der Waals surface area contributed by atoms with Crippen LogP contribution in [-0.2, 0) is 19.6 Å². The lowest BCUT2D eigenvalue weighted by Crippen LogP contribution is -2.44. The van der Waals surface area contributed by atoms with Crippen molar-refractivity contribution in [1.29, 1.82) is 0 Å². The van der Waals surface area contributed by atoms with Crippen molar-refractivity contribution in [1.82, 2.24) is 9.21 Å². The number of benzene rings is 2. The molecule has 1 fully saturated rings. The molecule has 9 heteroatoms. The number of halogens is 1. The second kappa shape index (κ2) is 10.5. The number of amides is 1. The first kappa shape index (κ1) is 24.7. The van der Waals surface area contributed by atoms with E-state index < -0.39 is 15.9 Å². The molecule has 0 unspecified atom stereocenters. The van der Waals surface area contributed by atoms with Crippen LogP contribution in [0.15, 0.2) is 53.4 Å².